The molecule has 6 nitrogen and oxygen atoms in total. The molecule has 24 heavy (non-hydrogen) atoms. The molecule has 2 aliphatic rings. The van der Waals surface area contributed by atoms with Crippen molar-refractivity contribution >= 4 is 15.9 Å². The van der Waals surface area contributed by atoms with E-state index in [4.69, 9.17) is 0 Å². The molecule has 7 heteroatoms. The van der Waals surface area contributed by atoms with E-state index in [2.05, 4.69) is 10.6 Å². The number of hydrogen-bond acceptors (Lipinski definition) is 4. The van der Waals surface area contributed by atoms with Crippen LogP contribution in [0.5, 0.6) is 0 Å². The number of carbonyl (C=O) groups excluding carboxylic acids is 1. The van der Waals surface area contributed by atoms with Crippen LogP contribution < -0.4 is 10.6 Å². The van der Waals surface area contributed by atoms with Gasteiger partial charge in [0.15, 0.2) is 0 Å². The smallest absolute Gasteiger partial charge is 0.243 e. The monoisotopic (exact) mass is 351 g/mol. The zero-order chi connectivity index (χ0) is 17.0. The van der Waals surface area contributed by atoms with E-state index < -0.39 is 10.0 Å². The first-order valence-electron chi connectivity index (χ1n) is 8.65. The van der Waals surface area contributed by atoms with E-state index in [1.807, 2.05) is 12.1 Å². The summed E-state index contributed by atoms with van der Waals surface area (Å²) in [5, 5.41) is 6.24. The van der Waals surface area contributed by atoms with Gasteiger partial charge in [0, 0.05) is 32.1 Å². The summed E-state index contributed by atoms with van der Waals surface area (Å²) in [5.41, 5.74) is 0.982. The van der Waals surface area contributed by atoms with Crippen LogP contribution in [-0.4, -0.2) is 50.9 Å². The summed E-state index contributed by atoms with van der Waals surface area (Å²) in [6, 6.07) is 7.18. The summed E-state index contributed by atoms with van der Waals surface area (Å²) >= 11 is 0. The van der Waals surface area contributed by atoms with E-state index in [1.54, 1.807) is 16.4 Å². The van der Waals surface area contributed by atoms with E-state index in [-0.39, 0.29) is 11.9 Å². The minimum absolute atomic E-state index is 0.0532. The third kappa shape index (κ3) is 4.15. The van der Waals surface area contributed by atoms with Gasteiger partial charge in [-0.25, -0.2) is 8.42 Å². The molecule has 0 aliphatic carbocycles. The van der Waals surface area contributed by atoms with Crippen molar-refractivity contribution in [2.24, 2.45) is 0 Å². The van der Waals surface area contributed by atoms with Gasteiger partial charge in [-0.05, 0) is 49.9 Å². The standard InChI is InChI=1S/C17H25N3O3S/c21-17(19-15-9-10-18-13-15)8-5-14-3-6-16(7-4-14)24(22,23)20-11-1-2-12-20/h3-4,6-7,15,18H,1-2,5,8-13H2,(H,19,21). The Balaban J connectivity index is 1.53. The minimum atomic E-state index is -3.36. The molecule has 2 saturated heterocycles. The number of rotatable bonds is 6. The second-order valence-corrected chi connectivity index (χ2v) is 8.45. The summed E-state index contributed by atoms with van der Waals surface area (Å²) in [7, 11) is -3.36. The van der Waals surface area contributed by atoms with Gasteiger partial charge >= 0.3 is 0 Å². The Kier molecular flexibility index (Phi) is 5.53. The first-order valence-corrected chi connectivity index (χ1v) is 10.1. The summed E-state index contributed by atoms with van der Waals surface area (Å²) in [5.74, 6) is 0.0532. The first-order chi connectivity index (χ1) is 11.6. The number of amides is 1. The van der Waals surface area contributed by atoms with Crippen molar-refractivity contribution in [1.82, 2.24) is 14.9 Å². The van der Waals surface area contributed by atoms with E-state index >= 15 is 0 Å². The predicted octanol–water partition coefficient (Wildman–Crippen LogP) is 0.882. The second-order valence-electron chi connectivity index (χ2n) is 6.51. The number of nitrogens with one attached hydrogen (secondary N) is 2. The van der Waals surface area contributed by atoms with Crippen LogP contribution >= 0.6 is 0 Å². The van der Waals surface area contributed by atoms with Gasteiger partial charge in [-0.15, -0.1) is 0 Å². The molecule has 1 aromatic rings. The van der Waals surface area contributed by atoms with Crippen LogP contribution in [0.1, 0.15) is 31.2 Å². The molecule has 1 unspecified atom stereocenters. The SMILES string of the molecule is O=C(CCc1ccc(S(=O)(=O)N2CCCC2)cc1)NC1CCNC1. The number of aryl methyl sites for hydroxylation is 1. The molecule has 0 spiro atoms. The lowest BCUT2D eigenvalue weighted by Gasteiger charge is -2.15. The Morgan fingerprint density at radius 1 is 1.21 bits per heavy atom. The van der Waals surface area contributed by atoms with Crippen LogP contribution in [0.15, 0.2) is 29.2 Å². The highest BCUT2D eigenvalue weighted by Gasteiger charge is 2.26. The van der Waals surface area contributed by atoms with Gasteiger partial charge in [0.2, 0.25) is 15.9 Å². The fourth-order valence-corrected chi connectivity index (χ4v) is 4.76. The summed E-state index contributed by atoms with van der Waals surface area (Å²) < 4.78 is 26.5. The van der Waals surface area contributed by atoms with Gasteiger partial charge in [0.05, 0.1) is 4.90 Å². The van der Waals surface area contributed by atoms with Crippen molar-refractivity contribution in [3.05, 3.63) is 29.8 Å². The topological polar surface area (TPSA) is 78.5 Å². The van der Waals surface area contributed by atoms with Gasteiger partial charge in [-0.2, -0.15) is 4.31 Å². The Labute approximate surface area is 143 Å². The maximum Gasteiger partial charge on any atom is 0.243 e. The largest absolute Gasteiger partial charge is 0.352 e. The zero-order valence-electron chi connectivity index (χ0n) is 13.8. The van der Waals surface area contributed by atoms with Crippen molar-refractivity contribution in [2.75, 3.05) is 26.2 Å². The van der Waals surface area contributed by atoms with Gasteiger partial charge < -0.3 is 10.6 Å². The average molecular weight is 351 g/mol. The van der Waals surface area contributed by atoms with Crippen molar-refractivity contribution < 1.29 is 13.2 Å². The molecular formula is C17H25N3O3S. The average Bonchev–Trinajstić information content (AvgIpc) is 3.27. The van der Waals surface area contributed by atoms with Crippen LogP contribution in [0.25, 0.3) is 0 Å². The van der Waals surface area contributed by atoms with Gasteiger partial charge in [0.25, 0.3) is 0 Å². The maximum atomic E-state index is 12.5. The van der Waals surface area contributed by atoms with Gasteiger partial charge in [-0.1, -0.05) is 12.1 Å². The van der Waals surface area contributed by atoms with Crippen LogP contribution in [0, 0.1) is 0 Å². The van der Waals surface area contributed by atoms with Crippen LogP contribution in [0.4, 0.5) is 0 Å². The molecule has 2 N–H and O–H groups in total. The highest BCUT2D eigenvalue weighted by molar-refractivity contribution is 7.89. The molecule has 132 valence electrons. The Hall–Kier alpha value is -1.44. The summed E-state index contributed by atoms with van der Waals surface area (Å²) in [6.07, 6.45) is 3.89. The third-order valence-corrected chi connectivity index (χ3v) is 6.61. The lowest BCUT2D eigenvalue weighted by molar-refractivity contribution is -0.121. The third-order valence-electron chi connectivity index (χ3n) is 4.69. The molecule has 0 saturated carbocycles. The predicted molar refractivity (Wildman–Crippen MR) is 92.2 cm³/mol. The van der Waals surface area contributed by atoms with E-state index in [0.717, 1.165) is 37.9 Å². The molecule has 0 bridgehead atoms. The fraction of sp³-hybridized carbons (Fsp3) is 0.588. The van der Waals surface area contributed by atoms with Crippen LogP contribution in [0.3, 0.4) is 0 Å². The molecule has 3 rings (SSSR count). The molecule has 1 aromatic carbocycles. The Morgan fingerprint density at radius 3 is 2.54 bits per heavy atom. The zero-order valence-corrected chi connectivity index (χ0v) is 14.6. The highest BCUT2D eigenvalue weighted by atomic mass is 32.2. The van der Waals surface area contributed by atoms with Crippen molar-refractivity contribution in [1.29, 1.82) is 0 Å². The lowest BCUT2D eigenvalue weighted by Crippen LogP contribution is -2.36. The van der Waals surface area contributed by atoms with Gasteiger partial charge in [0.1, 0.15) is 0 Å². The maximum absolute atomic E-state index is 12.5. The molecule has 0 aromatic heterocycles. The Morgan fingerprint density at radius 2 is 1.92 bits per heavy atom. The molecular weight excluding hydrogens is 326 g/mol. The van der Waals surface area contributed by atoms with Crippen molar-refractivity contribution in [3.8, 4) is 0 Å². The normalized spacial score (nSPS) is 21.9. The van der Waals surface area contributed by atoms with E-state index in [1.165, 1.54) is 0 Å². The number of nitrogens with zero attached hydrogens (tertiary/aromatic N) is 1. The number of hydrogen-bond donors (Lipinski definition) is 2. The first kappa shape index (κ1) is 17.4. The molecule has 1 amide bonds. The van der Waals surface area contributed by atoms with Crippen molar-refractivity contribution in [3.63, 3.8) is 0 Å². The van der Waals surface area contributed by atoms with E-state index in [9.17, 15) is 13.2 Å². The number of carbonyl (C=O) groups is 1. The van der Waals surface area contributed by atoms with Gasteiger partial charge in [-0.3, -0.25) is 4.79 Å². The lowest BCUT2D eigenvalue weighted by atomic mass is 10.1. The second kappa shape index (κ2) is 7.63. The molecule has 2 heterocycles. The van der Waals surface area contributed by atoms with Crippen LogP contribution in [-0.2, 0) is 21.2 Å². The summed E-state index contributed by atoms with van der Waals surface area (Å²) in [6.45, 7) is 3.02. The summed E-state index contributed by atoms with van der Waals surface area (Å²) in [4.78, 5) is 12.3. The fourth-order valence-electron chi connectivity index (χ4n) is 3.24. The molecule has 2 fully saturated rings. The van der Waals surface area contributed by atoms with Crippen molar-refractivity contribution in [2.45, 2.75) is 43.0 Å². The molecule has 1 atom stereocenters. The number of sulfonamides is 1. The molecule has 2 aliphatic heterocycles. The van der Waals surface area contributed by atoms with E-state index in [0.29, 0.717) is 30.8 Å². The Bertz CT molecular complexity index is 661. The quantitative estimate of drug-likeness (QED) is 0.798. The number of benzene rings is 1. The minimum Gasteiger partial charge on any atom is -0.352 e. The molecule has 0 radical (unpaired) electrons. The van der Waals surface area contributed by atoms with Crippen LogP contribution in [0.2, 0.25) is 0 Å². The highest BCUT2D eigenvalue weighted by Crippen LogP contribution is 2.21.